The topological polar surface area (TPSA) is 77.5 Å². The molecule has 0 fully saturated rings. The largest absolute Gasteiger partial charge is 0.497 e. The van der Waals surface area contributed by atoms with Gasteiger partial charge in [-0.15, -0.1) is 0 Å². The summed E-state index contributed by atoms with van der Waals surface area (Å²) in [5.41, 5.74) is 3.33. The Balaban J connectivity index is 1.33. The summed E-state index contributed by atoms with van der Waals surface area (Å²) in [5, 5.41) is 6.67. The number of anilines is 2. The highest BCUT2D eigenvalue weighted by molar-refractivity contribution is 5.48. The zero-order valence-electron chi connectivity index (χ0n) is 16.6. The summed E-state index contributed by atoms with van der Waals surface area (Å²) in [5.74, 6) is 3.84. The fraction of sp³-hybridized carbons (Fsp3) is 0.273. The van der Waals surface area contributed by atoms with Crippen molar-refractivity contribution in [2.24, 2.45) is 0 Å². The van der Waals surface area contributed by atoms with Gasteiger partial charge in [0.15, 0.2) is 11.5 Å². The van der Waals surface area contributed by atoms with Crippen LogP contribution in [0.3, 0.4) is 0 Å². The van der Waals surface area contributed by atoms with E-state index in [1.165, 1.54) is 5.56 Å². The number of rotatable bonds is 8. The van der Waals surface area contributed by atoms with Crippen LogP contribution in [0.4, 0.5) is 11.8 Å². The van der Waals surface area contributed by atoms with Crippen LogP contribution in [0.15, 0.2) is 48.7 Å². The number of nitrogens with one attached hydrogen (secondary N) is 2. The summed E-state index contributed by atoms with van der Waals surface area (Å²) in [6.45, 7) is 3.66. The van der Waals surface area contributed by atoms with Crippen LogP contribution in [0, 0.1) is 6.92 Å². The lowest BCUT2D eigenvalue weighted by Crippen LogP contribution is -2.10. The van der Waals surface area contributed by atoms with E-state index in [4.69, 9.17) is 14.2 Å². The number of nitrogens with zero attached hydrogens (tertiary/aromatic N) is 2. The van der Waals surface area contributed by atoms with Crippen molar-refractivity contribution < 1.29 is 14.2 Å². The average Bonchev–Trinajstić information content (AvgIpc) is 3.22. The molecular formula is C22H24N4O3. The highest BCUT2D eigenvalue weighted by atomic mass is 16.7. The molecular weight excluding hydrogens is 368 g/mol. The van der Waals surface area contributed by atoms with Crippen LogP contribution in [-0.4, -0.2) is 30.4 Å². The van der Waals surface area contributed by atoms with Crippen LogP contribution in [0.2, 0.25) is 0 Å². The van der Waals surface area contributed by atoms with Crippen molar-refractivity contribution >= 4 is 11.8 Å². The Bertz CT molecular complexity index is 976. The van der Waals surface area contributed by atoms with Gasteiger partial charge >= 0.3 is 0 Å². The minimum absolute atomic E-state index is 0.277. The molecule has 4 rings (SSSR count). The lowest BCUT2D eigenvalue weighted by molar-refractivity contribution is 0.174. The van der Waals surface area contributed by atoms with E-state index in [0.717, 1.165) is 47.2 Å². The van der Waals surface area contributed by atoms with Crippen LogP contribution in [0.1, 0.15) is 16.7 Å². The summed E-state index contributed by atoms with van der Waals surface area (Å²) in [6.07, 6.45) is 2.72. The molecule has 150 valence electrons. The Labute approximate surface area is 170 Å². The Morgan fingerprint density at radius 1 is 1.00 bits per heavy atom. The molecule has 0 spiro atoms. The molecule has 7 heteroatoms. The van der Waals surface area contributed by atoms with Crippen molar-refractivity contribution in [3.8, 4) is 17.2 Å². The third-order valence-corrected chi connectivity index (χ3v) is 4.72. The number of ether oxygens (including phenoxy) is 3. The molecule has 2 N–H and O–H groups in total. The predicted octanol–water partition coefficient (Wildman–Crippen LogP) is 3.79. The van der Waals surface area contributed by atoms with E-state index in [1.807, 2.05) is 43.5 Å². The van der Waals surface area contributed by atoms with E-state index in [-0.39, 0.29) is 6.79 Å². The van der Waals surface area contributed by atoms with Gasteiger partial charge in [0.25, 0.3) is 0 Å². The van der Waals surface area contributed by atoms with Gasteiger partial charge in [0.1, 0.15) is 11.6 Å². The van der Waals surface area contributed by atoms with Crippen LogP contribution in [0.25, 0.3) is 0 Å². The Kier molecular flexibility index (Phi) is 5.65. The van der Waals surface area contributed by atoms with Crippen LogP contribution < -0.4 is 24.8 Å². The molecule has 0 atom stereocenters. The zero-order chi connectivity index (χ0) is 20.1. The monoisotopic (exact) mass is 392 g/mol. The molecule has 0 unspecified atom stereocenters. The average molecular weight is 392 g/mol. The fourth-order valence-corrected chi connectivity index (χ4v) is 3.06. The summed E-state index contributed by atoms with van der Waals surface area (Å²) in [6, 6.07) is 14.0. The van der Waals surface area contributed by atoms with Crippen molar-refractivity contribution in [1.29, 1.82) is 0 Å². The molecule has 2 aromatic carbocycles. The number of fused-ring (bicyclic) bond motifs is 1. The second kappa shape index (κ2) is 8.68. The van der Waals surface area contributed by atoms with Gasteiger partial charge < -0.3 is 24.8 Å². The lowest BCUT2D eigenvalue weighted by Gasteiger charge is -2.11. The second-order valence-corrected chi connectivity index (χ2v) is 6.79. The molecule has 2 heterocycles. The molecule has 1 aromatic heterocycles. The standard InChI is InChI=1S/C22H24N4O3/c1-15-12-24-22(25-13-17-5-8-19-20(11-17)29-14-28-19)26-21(15)23-10-9-16-3-6-18(27-2)7-4-16/h3-8,11-12H,9-10,13-14H2,1-2H3,(H2,23,24,25,26). The first-order valence-corrected chi connectivity index (χ1v) is 9.54. The van der Waals surface area contributed by atoms with E-state index in [9.17, 15) is 0 Å². The Morgan fingerprint density at radius 2 is 1.79 bits per heavy atom. The highest BCUT2D eigenvalue weighted by Crippen LogP contribution is 2.32. The van der Waals surface area contributed by atoms with E-state index in [1.54, 1.807) is 7.11 Å². The number of methoxy groups -OCH3 is 1. The number of aryl methyl sites for hydroxylation is 1. The van der Waals surface area contributed by atoms with Gasteiger partial charge in [0.05, 0.1) is 7.11 Å². The van der Waals surface area contributed by atoms with Gasteiger partial charge in [0, 0.05) is 24.8 Å². The predicted molar refractivity (Wildman–Crippen MR) is 112 cm³/mol. The molecule has 0 aliphatic carbocycles. The smallest absolute Gasteiger partial charge is 0.231 e. The zero-order valence-corrected chi connectivity index (χ0v) is 16.6. The number of aromatic nitrogens is 2. The Morgan fingerprint density at radius 3 is 2.62 bits per heavy atom. The van der Waals surface area contributed by atoms with E-state index in [0.29, 0.717) is 12.5 Å². The molecule has 7 nitrogen and oxygen atoms in total. The lowest BCUT2D eigenvalue weighted by atomic mass is 10.1. The number of benzene rings is 2. The van der Waals surface area contributed by atoms with Crippen molar-refractivity contribution in [1.82, 2.24) is 9.97 Å². The van der Waals surface area contributed by atoms with Gasteiger partial charge in [-0.1, -0.05) is 18.2 Å². The SMILES string of the molecule is COc1ccc(CCNc2nc(NCc3ccc4c(c3)OCO4)ncc2C)cc1. The van der Waals surface area contributed by atoms with E-state index >= 15 is 0 Å². The molecule has 0 saturated carbocycles. The number of hydrogen-bond acceptors (Lipinski definition) is 7. The third-order valence-electron chi connectivity index (χ3n) is 4.72. The summed E-state index contributed by atoms with van der Waals surface area (Å²) in [4.78, 5) is 8.99. The molecule has 0 radical (unpaired) electrons. The number of hydrogen-bond donors (Lipinski definition) is 2. The third kappa shape index (κ3) is 4.68. The maximum absolute atomic E-state index is 5.42. The minimum Gasteiger partial charge on any atom is -0.497 e. The van der Waals surface area contributed by atoms with E-state index in [2.05, 4.69) is 32.7 Å². The van der Waals surface area contributed by atoms with Crippen molar-refractivity contribution in [2.75, 3.05) is 31.1 Å². The second-order valence-electron chi connectivity index (χ2n) is 6.79. The molecule has 0 amide bonds. The first-order valence-electron chi connectivity index (χ1n) is 9.54. The van der Waals surface area contributed by atoms with Crippen molar-refractivity contribution in [2.45, 2.75) is 19.9 Å². The summed E-state index contributed by atoms with van der Waals surface area (Å²) >= 11 is 0. The summed E-state index contributed by atoms with van der Waals surface area (Å²) in [7, 11) is 1.67. The maximum Gasteiger partial charge on any atom is 0.231 e. The maximum atomic E-state index is 5.42. The molecule has 0 bridgehead atoms. The minimum atomic E-state index is 0.277. The first-order chi connectivity index (χ1) is 14.2. The molecule has 0 saturated heterocycles. The van der Waals surface area contributed by atoms with Crippen LogP contribution in [-0.2, 0) is 13.0 Å². The molecule has 1 aliphatic heterocycles. The quantitative estimate of drug-likeness (QED) is 0.604. The van der Waals surface area contributed by atoms with Crippen molar-refractivity contribution in [3.05, 3.63) is 65.4 Å². The van der Waals surface area contributed by atoms with Crippen LogP contribution in [0.5, 0.6) is 17.2 Å². The van der Waals surface area contributed by atoms with Gasteiger partial charge in [0.2, 0.25) is 12.7 Å². The van der Waals surface area contributed by atoms with Gasteiger partial charge in [-0.05, 0) is 48.7 Å². The first kappa shape index (κ1) is 18.9. The van der Waals surface area contributed by atoms with Gasteiger partial charge in [-0.25, -0.2) is 4.98 Å². The van der Waals surface area contributed by atoms with Gasteiger partial charge in [-0.2, -0.15) is 4.98 Å². The normalized spacial score (nSPS) is 11.9. The van der Waals surface area contributed by atoms with Gasteiger partial charge in [-0.3, -0.25) is 0 Å². The molecule has 29 heavy (non-hydrogen) atoms. The highest BCUT2D eigenvalue weighted by Gasteiger charge is 2.13. The molecule has 1 aliphatic rings. The van der Waals surface area contributed by atoms with Crippen LogP contribution >= 0.6 is 0 Å². The molecule has 3 aromatic rings. The van der Waals surface area contributed by atoms with Crippen molar-refractivity contribution in [3.63, 3.8) is 0 Å². The summed E-state index contributed by atoms with van der Waals surface area (Å²) < 4.78 is 16.0. The Hall–Kier alpha value is -3.48. The fourth-order valence-electron chi connectivity index (χ4n) is 3.06. The van der Waals surface area contributed by atoms with E-state index < -0.39 is 0 Å².